The van der Waals surface area contributed by atoms with Crippen molar-refractivity contribution in [1.82, 2.24) is 19.6 Å². The van der Waals surface area contributed by atoms with Gasteiger partial charge in [-0.3, -0.25) is 4.79 Å². The van der Waals surface area contributed by atoms with Gasteiger partial charge < -0.3 is 9.88 Å². The second kappa shape index (κ2) is 7.03. The lowest BCUT2D eigenvalue weighted by molar-refractivity contribution is -0.119. The number of thiophene rings is 1. The van der Waals surface area contributed by atoms with Gasteiger partial charge in [-0.05, 0) is 25.3 Å². The third-order valence-electron chi connectivity index (χ3n) is 3.20. The van der Waals surface area contributed by atoms with Crippen molar-refractivity contribution in [2.45, 2.75) is 24.6 Å². The molecule has 0 aromatic carbocycles. The molecule has 0 radical (unpaired) electrons. The lowest BCUT2D eigenvalue weighted by atomic mass is 10.4. The molecule has 2 aromatic rings. The van der Waals surface area contributed by atoms with Crippen LogP contribution in [0, 0.1) is 13.8 Å². The SMILES string of the molecule is Cc1ncn(CCNC(=O)CNS(=O)(=O)c2cccs2)c1C. The lowest BCUT2D eigenvalue weighted by Crippen LogP contribution is -2.37. The molecular weight excluding hydrogens is 324 g/mol. The van der Waals surface area contributed by atoms with E-state index in [1.807, 2.05) is 18.4 Å². The Bertz CT molecular complexity index is 735. The Morgan fingerprint density at radius 3 is 2.77 bits per heavy atom. The number of hydrogen-bond acceptors (Lipinski definition) is 5. The zero-order chi connectivity index (χ0) is 16.2. The van der Waals surface area contributed by atoms with Gasteiger partial charge in [-0.1, -0.05) is 6.07 Å². The smallest absolute Gasteiger partial charge is 0.250 e. The molecule has 0 saturated carbocycles. The van der Waals surface area contributed by atoms with Gasteiger partial charge in [-0.15, -0.1) is 11.3 Å². The van der Waals surface area contributed by atoms with Gasteiger partial charge in [0.2, 0.25) is 5.91 Å². The molecule has 9 heteroatoms. The van der Waals surface area contributed by atoms with E-state index in [1.165, 1.54) is 6.07 Å². The third kappa shape index (κ3) is 4.15. The van der Waals surface area contributed by atoms with E-state index in [1.54, 1.807) is 17.8 Å². The number of hydrogen-bond donors (Lipinski definition) is 2. The van der Waals surface area contributed by atoms with E-state index in [2.05, 4.69) is 15.0 Å². The van der Waals surface area contributed by atoms with Crippen molar-refractivity contribution in [2.75, 3.05) is 13.1 Å². The molecule has 2 rings (SSSR count). The van der Waals surface area contributed by atoms with Gasteiger partial charge in [-0.25, -0.2) is 18.1 Å². The molecule has 0 atom stereocenters. The summed E-state index contributed by atoms with van der Waals surface area (Å²) in [4.78, 5) is 15.9. The first-order valence-electron chi connectivity index (χ1n) is 6.68. The van der Waals surface area contributed by atoms with Crippen LogP contribution in [0.1, 0.15) is 11.4 Å². The maximum absolute atomic E-state index is 11.8. The summed E-state index contributed by atoms with van der Waals surface area (Å²) >= 11 is 1.11. The number of nitrogens with zero attached hydrogens (tertiary/aromatic N) is 2. The van der Waals surface area contributed by atoms with Gasteiger partial charge in [0.25, 0.3) is 10.0 Å². The van der Waals surface area contributed by atoms with Crippen molar-refractivity contribution in [2.24, 2.45) is 0 Å². The highest BCUT2D eigenvalue weighted by molar-refractivity contribution is 7.91. The molecule has 2 N–H and O–H groups in total. The minimum absolute atomic E-state index is 0.199. The van der Waals surface area contributed by atoms with Gasteiger partial charge in [0, 0.05) is 18.8 Å². The van der Waals surface area contributed by atoms with Crippen molar-refractivity contribution in [3.63, 3.8) is 0 Å². The third-order valence-corrected chi connectivity index (χ3v) is 6.00. The summed E-state index contributed by atoms with van der Waals surface area (Å²) in [5.41, 5.74) is 2.00. The predicted molar refractivity (Wildman–Crippen MR) is 84.2 cm³/mol. The molecule has 2 aromatic heterocycles. The first-order chi connectivity index (χ1) is 10.4. The molecule has 0 aliphatic rings. The molecule has 120 valence electrons. The number of carbonyl (C=O) groups is 1. The quantitative estimate of drug-likeness (QED) is 0.773. The van der Waals surface area contributed by atoms with Gasteiger partial charge in [0.15, 0.2) is 0 Å². The van der Waals surface area contributed by atoms with Gasteiger partial charge in [0.1, 0.15) is 4.21 Å². The second-order valence-corrected chi connectivity index (χ2v) is 7.66. The summed E-state index contributed by atoms with van der Waals surface area (Å²) in [6, 6.07) is 3.14. The summed E-state index contributed by atoms with van der Waals surface area (Å²) < 4.78 is 28.1. The minimum atomic E-state index is -3.60. The molecule has 0 unspecified atom stereocenters. The summed E-state index contributed by atoms with van der Waals surface area (Å²) in [7, 11) is -3.60. The molecule has 1 amide bonds. The summed E-state index contributed by atoms with van der Waals surface area (Å²) in [6.07, 6.45) is 1.72. The molecule has 22 heavy (non-hydrogen) atoms. The van der Waals surface area contributed by atoms with Crippen molar-refractivity contribution in [1.29, 1.82) is 0 Å². The van der Waals surface area contributed by atoms with Gasteiger partial charge >= 0.3 is 0 Å². The van der Waals surface area contributed by atoms with Crippen LogP contribution in [-0.4, -0.2) is 37.0 Å². The minimum Gasteiger partial charge on any atom is -0.353 e. The molecular formula is C13H18N4O3S2. The summed E-state index contributed by atoms with van der Waals surface area (Å²) in [5, 5.41) is 4.35. The van der Waals surface area contributed by atoms with Gasteiger partial charge in [-0.2, -0.15) is 0 Å². The largest absolute Gasteiger partial charge is 0.353 e. The van der Waals surface area contributed by atoms with Crippen LogP contribution in [-0.2, 0) is 21.4 Å². The van der Waals surface area contributed by atoms with Crippen LogP contribution < -0.4 is 10.0 Å². The Morgan fingerprint density at radius 1 is 1.41 bits per heavy atom. The zero-order valence-corrected chi connectivity index (χ0v) is 14.0. The molecule has 0 aliphatic heterocycles. The molecule has 0 saturated heterocycles. The van der Waals surface area contributed by atoms with Crippen LogP contribution in [0.4, 0.5) is 0 Å². The monoisotopic (exact) mass is 342 g/mol. The number of aryl methyl sites for hydroxylation is 1. The van der Waals surface area contributed by atoms with Crippen LogP contribution in [0.3, 0.4) is 0 Å². The van der Waals surface area contributed by atoms with E-state index in [-0.39, 0.29) is 16.7 Å². The van der Waals surface area contributed by atoms with E-state index in [0.29, 0.717) is 13.1 Å². The van der Waals surface area contributed by atoms with Crippen molar-refractivity contribution in [3.05, 3.63) is 35.2 Å². The molecule has 0 spiro atoms. The van der Waals surface area contributed by atoms with E-state index >= 15 is 0 Å². The van der Waals surface area contributed by atoms with Crippen LogP contribution >= 0.6 is 11.3 Å². The van der Waals surface area contributed by atoms with Crippen LogP contribution in [0.25, 0.3) is 0 Å². The number of imidazole rings is 1. The second-order valence-electron chi connectivity index (χ2n) is 4.72. The molecule has 0 bridgehead atoms. The number of aromatic nitrogens is 2. The normalized spacial score (nSPS) is 11.5. The number of sulfonamides is 1. The Kier molecular flexibility index (Phi) is 5.33. The average molecular weight is 342 g/mol. The Balaban J connectivity index is 1.76. The highest BCUT2D eigenvalue weighted by atomic mass is 32.2. The fraction of sp³-hybridized carbons (Fsp3) is 0.385. The van der Waals surface area contributed by atoms with Crippen molar-refractivity contribution >= 4 is 27.3 Å². The highest BCUT2D eigenvalue weighted by Crippen LogP contribution is 2.14. The van der Waals surface area contributed by atoms with Gasteiger partial charge in [0.05, 0.1) is 18.6 Å². The number of carbonyl (C=O) groups excluding carboxylic acids is 1. The summed E-state index contributed by atoms with van der Waals surface area (Å²) in [5.74, 6) is -0.366. The maximum atomic E-state index is 11.8. The fourth-order valence-electron chi connectivity index (χ4n) is 1.80. The topological polar surface area (TPSA) is 93.1 Å². The number of nitrogens with one attached hydrogen (secondary N) is 2. The Morgan fingerprint density at radius 2 is 2.18 bits per heavy atom. The van der Waals surface area contributed by atoms with E-state index in [9.17, 15) is 13.2 Å². The Hall–Kier alpha value is -1.71. The number of amides is 1. The number of rotatable bonds is 7. The lowest BCUT2D eigenvalue weighted by Gasteiger charge is -2.08. The van der Waals surface area contributed by atoms with Crippen LogP contribution in [0.5, 0.6) is 0 Å². The maximum Gasteiger partial charge on any atom is 0.250 e. The van der Waals surface area contributed by atoms with E-state index < -0.39 is 10.0 Å². The highest BCUT2D eigenvalue weighted by Gasteiger charge is 2.16. The van der Waals surface area contributed by atoms with E-state index in [4.69, 9.17) is 0 Å². The first-order valence-corrected chi connectivity index (χ1v) is 9.04. The van der Waals surface area contributed by atoms with Crippen molar-refractivity contribution < 1.29 is 13.2 Å². The predicted octanol–water partition coefficient (Wildman–Crippen LogP) is 0.656. The standard InChI is InChI=1S/C13H18N4O3S2/c1-10-11(2)17(9-15-10)6-5-14-12(18)8-16-22(19,20)13-4-3-7-21-13/h3-4,7,9,16H,5-6,8H2,1-2H3,(H,14,18). The Labute approximate surface area is 133 Å². The molecule has 0 aliphatic carbocycles. The first kappa shape index (κ1) is 16.7. The fourth-order valence-corrected chi connectivity index (χ4v) is 3.82. The van der Waals surface area contributed by atoms with E-state index in [0.717, 1.165) is 22.7 Å². The zero-order valence-electron chi connectivity index (χ0n) is 12.4. The van der Waals surface area contributed by atoms with Crippen molar-refractivity contribution in [3.8, 4) is 0 Å². The molecule has 7 nitrogen and oxygen atoms in total. The molecule has 2 heterocycles. The molecule has 0 fully saturated rings. The van der Waals surface area contributed by atoms with Crippen LogP contribution in [0.2, 0.25) is 0 Å². The summed E-state index contributed by atoms with van der Waals surface area (Å²) in [6.45, 7) is 4.61. The average Bonchev–Trinajstić information content (AvgIpc) is 3.11. The van der Waals surface area contributed by atoms with Crippen LogP contribution in [0.15, 0.2) is 28.0 Å².